The molecule has 2 aliphatic rings. The van der Waals surface area contributed by atoms with Gasteiger partial charge in [0.1, 0.15) is 0 Å². The molecule has 3 rings (SSSR count). The molecular formula is C21H35IN4O3S. The van der Waals surface area contributed by atoms with Gasteiger partial charge in [-0.15, -0.1) is 24.0 Å². The van der Waals surface area contributed by atoms with Crippen LogP contribution in [-0.4, -0.2) is 70.5 Å². The summed E-state index contributed by atoms with van der Waals surface area (Å²) < 4.78 is 32.3. The minimum atomic E-state index is -3.35. The minimum Gasteiger partial charge on any atom is -0.381 e. The van der Waals surface area contributed by atoms with Gasteiger partial charge in [0, 0.05) is 53.5 Å². The van der Waals surface area contributed by atoms with Crippen LogP contribution < -0.4 is 5.32 Å². The molecule has 9 heteroatoms. The van der Waals surface area contributed by atoms with Crippen molar-refractivity contribution in [2.45, 2.75) is 43.5 Å². The topological polar surface area (TPSA) is 74.2 Å². The zero-order valence-electron chi connectivity index (χ0n) is 18.0. The normalized spacial score (nSPS) is 18.8. The molecule has 30 heavy (non-hydrogen) atoms. The van der Waals surface area contributed by atoms with Crippen LogP contribution >= 0.6 is 24.0 Å². The fourth-order valence-corrected chi connectivity index (χ4v) is 5.46. The third-order valence-electron chi connectivity index (χ3n) is 5.86. The zero-order valence-corrected chi connectivity index (χ0v) is 21.2. The standard InChI is InChI=1S/C21H34N4O3S.HI/c1-22-21(24(2)14-9-18-10-15-28-16-11-18)23-17-19-5-7-20(8-6-19)29(26,27)25-12-3-4-13-25;/h5-8,18H,3-4,9-17H2,1-2H3,(H,22,23);1H. The lowest BCUT2D eigenvalue weighted by Crippen LogP contribution is -2.39. The summed E-state index contributed by atoms with van der Waals surface area (Å²) in [5, 5.41) is 3.38. The van der Waals surface area contributed by atoms with Crippen LogP contribution in [0.1, 0.15) is 37.7 Å². The molecule has 1 N–H and O–H groups in total. The highest BCUT2D eigenvalue weighted by Gasteiger charge is 2.26. The number of aliphatic imine (C=N–C) groups is 1. The van der Waals surface area contributed by atoms with E-state index in [9.17, 15) is 8.42 Å². The van der Waals surface area contributed by atoms with Crippen molar-refractivity contribution in [2.24, 2.45) is 10.9 Å². The van der Waals surface area contributed by atoms with Crippen molar-refractivity contribution in [2.75, 3.05) is 46.9 Å². The molecular weight excluding hydrogens is 515 g/mol. The highest BCUT2D eigenvalue weighted by atomic mass is 127. The largest absolute Gasteiger partial charge is 0.381 e. The Labute approximate surface area is 198 Å². The van der Waals surface area contributed by atoms with Crippen LogP contribution in [0.4, 0.5) is 0 Å². The Bertz CT molecular complexity index is 774. The quantitative estimate of drug-likeness (QED) is 0.321. The summed E-state index contributed by atoms with van der Waals surface area (Å²) in [5.41, 5.74) is 1.03. The molecule has 0 saturated carbocycles. The van der Waals surface area contributed by atoms with Crippen LogP contribution in [0.15, 0.2) is 34.2 Å². The van der Waals surface area contributed by atoms with Crippen molar-refractivity contribution in [3.8, 4) is 0 Å². The first kappa shape index (κ1) is 25.4. The third kappa shape index (κ3) is 6.80. The highest BCUT2D eigenvalue weighted by molar-refractivity contribution is 14.0. The van der Waals surface area contributed by atoms with Gasteiger partial charge in [-0.3, -0.25) is 4.99 Å². The van der Waals surface area contributed by atoms with Crippen molar-refractivity contribution in [1.82, 2.24) is 14.5 Å². The summed E-state index contributed by atoms with van der Waals surface area (Å²) in [5.74, 6) is 1.58. The molecule has 7 nitrogen and oxygen atoms in total. The Morgan fingerprint density at radius 3 is 2.43 bits per heavy atom. The average molecular weight is 551 g/mol. The Hall–Kier alpha value is -0.910. The fourth-order valence-electron chi connectivity index (χ4n) is 3.94. The predicted molar refractivity (Wildman–Crippen MR) is 131 cm³/mol. The lowest BCUT2D eigenvalue weighted by atomic mass is 9.96. The molecule has 0 amide bonds. The molecule has 2 heterocycles. The van der Waals surface area contributed by atoms with Gasteiger partial charge in [-0.25, -0.2) is 8.42 Å². The van der Waals surface area contributed by atoms with Gasteiger partial charge in [-0.2, -0.15) is 4.31 Å². The summed E-state index contributed by atoms with van der Waals surface area (Å²) in [6.07, 6.45) is 5.33. The third-order valence-corrected chi connectivity index (χ3v) is 7.78. The number of benzene rings is 1. The van der Waals surface area contributed by atoms with Crippen molar-refractivity contribution in [1.29, 1.82) is 0 Å². The van der Waals surface area contributed by atoms with Crippen molar-refractivity contribution < 1.29 is 13.2 Å². The Kier molecular flexibility index (Phi) is 10.3. The number of sulfonamides is 1. The molecule has 0 aromatic heterocycles. The van der Waals surface area contributed by atoms with Gasteiger partial charge in [0.25, 0.3) is 0 Å². The van der Waals surface area contributed by atoms with Gasteiger partial charge in [-0.05, 0) is 55.7 Å². The first-order valence-electron chi connectivity index (χ1n) is 10.6. The van der Waals surface area contributed by atoms with Crippen LogP contribution in [0.5, 0.6) is 0 Å². The van der Waals surface area contributed by atoms with Crippen LogP contribution in [0.25, 0.3) is 0 Å². The van der Waals surface area contributed by atoms with E-state index in [1.54, 1.807) is 23.5 Å². The number of nitrogens with zero attached hydrogens (tertiary/aromatic N) is 3. The zero-order chi connectivity index (χ0) is 20.7. The number of rotatable bonds is 7. The second-order valence-electron chi connectivity index (χ2n) is 7.92. The van der Waals surface area contributed by atoms with E-state index >= 15 is 0 Å². The van der Waals surface area contributed by atoms with E-state index in [-0.39, 0.29) is 24.0 Å². The average Bonchev–Trinajstić information content (AvgIpc) is 3.30. The maximum Gasteiger partial charge on any atom is 0.243 e. The number of halogens is 1. The van der Waals surface area contributed by atoms with Gasteiger partial charge < -0.3 is 15.0 Å². The van der Waals surface area contributed by atoms with E-state index in [2.05, 4.69) is 22.3 Å². The van der Waals surface area contributed by atoms with Crippen molar-refractivity contribution in [3.63, 3.8) is 0 Å². The van der Waals surface area contributed by atoms with Gasteiger partial charge in [0.05, 0.1) is 4.90 Å². The van der Waals surface area contributed by atoms with Gasteiger partial charge in [-0.1, -0.05) is 12.1 Å². The molecule has 0 radical (unpaired) electrons. The molecule has 0 spiro atoms. The number of guanidine groups is 1. The molecule has 2 saturated heterocycles. The van der Waals surface area contributed by atoms with E-state index in [1.165, 1.54) is 0 Å². The predicted octanol–water partition coefficient (Wildman–Crippen LogP) is 2.91. The lowest BCUT2D eigenvalue weighted by Gasteiger charge is -2.26. The number of hydrogen-bond donors (Lipinski definition) is 1. The van der Waals surface area contributed by atoms with Gasteiger partial charge in [0.15, 0.2) is 5.96 Å². The molecule has 0 bridgehead atoms. The van der Waals surface area contributed by atoms with Crippen LogP contribution in [0, 0.1) is 5.92 Å². The minimum absolute atomic E-state index is 0. The Morgan fingerprint density at radius 2 is 1.83 bits per heavy atom. The SMILES string of the molecule is CN=C(NCc1ccc(S(=O)(=O)N2CCCC2)cc1)N(C)CCC1CCOCC1.I. The number of nitrogens with one attached hydrogen (secondary N) is 1. The second-order valence-corrected chi connectivity index (χ2v) is 9.86. The first-order valence-corrected chi connectivity index (χ1v) is 12.0. The second kappa shape index (κ2) is 12.2. The molecule has 0 aliphatic carbocycles. The van der Waals surface area contributed by atoms with E-state index in [0.717, 1.165) is 69.3 Å². The highest BCUT2D eigenvalue weighted by Crippen LogP contribution is 2.21. The monoisotopic (exact) mass is 550 g/mol. The summed E-state index contributed by atoms with van der Waals surface area (Å²) in [6, 6.07) is 7.18. The van der Waals surface area contributed by atoms with E-state index in [1.807, 2.05) is 12.1 Å². The van der Waals surface area contributed by atoms with E-state index in [0.29, 0.717) is 24.5 Å². The molecule has 0 atom stereocenters. The van der Waals surface area contributed by atoms with E-state index in [4.69, 9.17) is 4.74 Å². The molecule has 0 unspecified atom stereocenters. The summed E-state index contributed by atoms with van der Waals surface area (Å²) in [6.45, 7) is 4.58. The fraction of sp³-hybridized carbons (Fsp3) is 0.667. The van der Waals surface area contributed by atoms with Crippen LogP contribution in [-0.2, 0) is 21.3 Å². The number of ether oxygens (including phenoxy) is 1. The van der Waals surface area contributed by atoms with Crippen molar-refractivity contribution in [3.05, 3.63) is 29.8 Å². The maximum atomic E-state index is 12.6. The molecule has 1 aromatic carbocycles. The van der Waals surface area contributed by atoms with Gasteiger partial charge in [0.2, 0.25) is 10.0 Å². The Morgan fingerprint density at radius 1 is 1.20 bits per heavy atom. The smallest absolute Gasteiger partial charge is 0.243 e. The van der Waals surface area contributed by atoms with E-state index < -0.39 is 10.0 Å². The van der Waals surface area contributed by atoms with Crippen molar-refractivity contribution >= 4 is 40.0 Å². The summed E-state index contributed by atoms with van der Waals surface area (Å²) >= 11 is 0. The maximum absolute atomic E-state index is 12.6. The summed E-state index contributed by atoms with van der Waals surface area (Å²) in [4.78, 5) is 6.91. The molecule has 170 valence electrons. The lowest BCUT2D eigenvalue weighted by molar-refractivity contribution is 0.0625. The van der Waals surface area contributed by atoms with Crippen LogP contribution in [0.3, 0.4) is 0 Å². The number of hydrogen-bond acceptors (Lipinski definition) is 4. The molecule has 2 aliphatic heterocycles. The summed E-state index contributed by atoms with van der Waals surface area (Å²) in [7, 11) is 0.496. The molecule has 2 fully saturated rings. The Balaban J connectivity index is 0.00000320. The first-order chi connectivity index (χ1) is 14.0. The van der Waals surface area contributed by atoms with Gasteiger partial charge >= 0.3 is 0 Å². The van der Waals surface area contributed by atoms with Crippen LogP contribution in [0.2, 0.25) is 0 Å². The molecule has 1 aromatic rings.